The minimum Gasteiger partial charge on any atom is -0.469 e. The molecule has 0 saturated heterocycles. The number of carbonyl (C=O) groups is 2. The van der Waals surface area contributed by atoms with Crippen molar-refractivity contribution in [1.29, 1.82) is 0 Å². The molecule has 0 fully saturated rings. The van der Waals surface area contributed by atoms with E-state index in [9.17, 15) is 9.59 Å². The second kappa shape index (κ2) is 11.2. The van der Waals surface area contributed by atoms with Gasteiger partial charge in [-0.2, -0.15) is 0 Å². The number of esters is 1. The Bertz CT molecular complexity index is 236. The maximum Gasteiger partial charge on any atom is 0.309 e. The average molecular weight is 256 g/mol. The van der Waals surface area contributed by atoms with Crippen molar-refractivity contribution >= 4 is 11.8 Å². The van der Waals surface area contributed by atoms with Crippen LogP contribution in [0.25, 0.3) is 0 Å². The molecule has 0 heterocycles. The van der Waals surface area contributed by atoms with E-state index in [1.807, 2.05) is 6.92 Å². The fourth-order valence-corrected chi connectivity index (χ4v) is 2.06. The summed E-state index contributed by atoms with van der Waals surface area (Å²) < 4.78 is 4.76. The van der Waals surface area contributed by atoms with Crippen molar-refractivity contribution in [2.75, 3.05) is 7.11 Å². The molecule has 0 radical (unpaired) electrons. The molecule has 106 valence electrons. The van der Waals surface area contributed by atoms with Gasteiger partial charge in [-0.3, -0.25) is 9.59 Å². The number of carbonyl (C=O) groups excluding carboxylic acids is 2. The van der Waals surface area contributed by atoms with E-state index in [0.717, 1.165) is 19.3 Å². The molecule has 0 spiro atoms. The molecule has 0 aliphatic carbocycles. The van der Waals surface area contributed by atoms with Gasteiger partial charge in [-0.05, 0) is 6.42 Å². The van der Waals surface area contributed by atoms with Crippen molar-refractivity contribution in [3.8, 4) is 0 Å². The lowest BCUT2D eigenvalue weighted by atomic mass is 9.94. The van der Waals surface area contributed by atoms with Gasteiger partial charge in [-0.15, -0.1) is 0 Å². The highest BCUT2D eigenvalue weighted by Crippen LogP contribution is 2.17. The molecule has 0 amide bonds. The molecule has 0 aromatic heterocycles. The Kier molecular flexibility index (Phi) is 10.7. The van der Waals surface area contributed by atoms with E-state index in [2.05, 4.69) is 6.92 Å². The van der Waals surface area contributed by atoms with Gasteiger partial charge < -0.3 is 4.74 Å². The molecule has 18 heavy (non-hydrogen) atoms. The average Bonchev–Trinajstić information content (AvgIpc) is 2.40. The molecule has 1 atom stereocenters. The normalized spacial score (nSPS) is 12.2. The van der Waals surface area contributed by atoms with Crippen LogP contribution < -0.4 is 0 Å². The number of methoxy groups -OCH3 is 1. The predicted molar refractivity (Wildman–Crippen MR) is 73.4 cm³/mol. The Hall–Kier alpha value is -0.860. The number of Topliss-reactive ketones (excluding diaryl/α,β-unsaturated/α-hetero) is 1. The molecule has 1 unspecified atom stereocenters. The Morgan fingerprint density at radius 1 is 1.00 bits per heavy atom. The van der Waals surface area contributed by atoms with E-state index < -0.39 is 0 Å². The molecular weight excluding hydrogens is 228 g/mol. The van der Waals surface area contributed by atoms with Crippen LogP contribution in [0.4, 0.5) is 0 Å². The second-order valence-electron chi connectivity index (χ2n) is 4.87. The fraction of sp³-hybridized carbons (Fsp3) is 0.867. The topological polar surface area (TPSA) is 43.4 Å². The number of ketones is 1. The lowest BCUT2D eigenvalue weighted by molar-refractivity contribution is -0.147. The second-order valence-corrected chi connectivity index (χ2v) is 4.87. The predicted octanol–water partition coefficient (Wildman–Crippen LogP) is 3.90. The van der Waals surface area contributed by atoms with Crippen molar-refractivity contribution in [3.05, 3.63) is 0 Å². The zero-order chi connectivity index (χ0) is 13.8. The molecule has 3 heteroatoms. The van der Waals surface area contributed by atoms with Gasteiger partial charge in [0.05, 0.1) is 13.0 Å². The maximum atomic E-state index is 11.6. The van der Waals surface area contributed by atoms with Crippen molar-refractivity contribution in [3.63, 3.8) is 0 Å². The molecule has 0 rings (SSSR count). The van der Waals surface area contributed by atoms with E-state index in [0.29, 0.717) is 12.8 Å². The van der Waals surface area contributed by atoms with Gasteiger partial charge in [-0.1, -0.05) is 52.4 Å². The van der Waals surface area contributed by atoms with Crippen molar-refractivity contribution in [1.82, 2.24) is 0 Å². The third kappa shape index (κ3) is 8.26. The molecular formula is C15H28O3. The summed E-state index contributed by atoms with van der Waals surface area (Å²) in [6.07, 6.45) is 8.82. The van der Waals surface area contributed by atoms with E-state index >= 15 is 0 Å². The van der Waals surface area contributed by atoms with Crippen LogP contribution in [0.5, 0.6) is 0 Å². The van der Waals surface area contributed by atoms with Crippen LogP contribution in [-0.4, -0.2) is 18.9 Å². The summed E-state index contributed by atoms with van der Waals surface area (Å²) in [7, 11) is 1.40. The van der Waals surface area contributed by atoms with E-state index in [4.69, 9.17) is 4.74 Å². The minimum absolute atomic E-state index is 0.149. The van der Waals surface area contributed by atoms with Crippen molar-refractivity contribution in [2.24, 2.45) is 5.92 Å². The molecule has 0 bridgehead atoms. The highest BCUT2D eigenvalue weighted by Gasteiger charge is 2.21. The van der Waals surface area contributed by atoms with Crippen LogP contribution >= 0.6 is 0 Å². The summed E-state index contributed by atoms with van der Waals surface area (Å²) in [5.74, 6) is -0.310. The first-order valence-electron chi connectivity index (χ1n) is 7.25. The van der Waals surface area contributed by atoms with Crippen molar-refractivity contribution in [2.45, 2.75) is 71.6 Å². The molecule has 0 N–H and O–H groups in total. The first-order valence-corrected chi connectivity index (χ1v) is 7.25. The Labute approximate surface area is 111 Å². The molecule has 0 aromatic carbocycles. The van der Waals surface area contributed by atoms with E-state index in [1.165, 1.54) is 32.8 Å². The number of hydrogen-bond acceptors (Lipinski definition) is 3. The van der Waals surface area contributed by atoms with Gasteiger partial charge >= 0.3 is 5.97 Å². The van der Waals surface area contributed by atoms with Gasteiger partial charge in [0.25, 0.3) is 0 Å². The monoisotopic (exact) mass is 256 g/mol. The number of rotatable bonds is 11. The number of unbranched alkanes of at least 4 members (excludes halogenated alkanes) is 5. The highest BCUT2D eigenvalue weighted by atomic mass is 16.5. The van der Waals surface area contributed by atoms with Gasteiger partial charge in [-0.25, -0.2) is 0 Å². The van der Waals surface area contributed by atoms with Gasteiger partial charge in [0.15, 0.2) is 0 Å². The third-order valence-corrected chi connectivity index (χ3v) is 3.31. The minimum atomic E-state index is -0.231. The lowest BCUT2D eigenvalue weighted by Crippen LogP contribution is -2.19. The lowest BCUT2D eigenvalue weighted by Gasteiger charge is -2.13. The van der Waals surface area contributed by atoms with Gasteiger partial charge in [0.2, 0.25) is 0 Å². The Balaban J connectivity index is 3.87. The molecule has 0 aliphatic heterocycles. The smallest absolute Gasteiger partial charge is 0.309 e. The van der Waals surface area contributed by atoms with Crippen LogP contribution in [-0.2, 0) is 14.3 Å². The molecule has 0 aromatic rings. The first-order chi connectivity index (χ1) is 8.65. The fourth-order valence-electron chi connectivity index (χ4n) is 2.06. The SMILES string of the molecule is CCCCCCCCC(CC(=O)CC)C(=O)OC. The highest BCUT2D eigenvalue weighted by molar-refractivity contribution is 5.84. The Morgan fingerprint density at radius 3 is 2.17 bits per heavy atom. The summed E-state index contributed by atoms with van der Waals surface area (Å²) in [6, 6.07) is 0. The molecule has 0 aliphatic rings. The first kappa shape index (κ1) is 17.1. The zero-order valence-corrected chi connectivity index (χ0v) is 12.2. The Morgan fingerprint density at radius 2 is 1.61 bits per heavy atom. The van der Waals surface area contributed by atoms with Crippen LogP contribution in [0.2, 0.25) is 0 Å². The standard InChI is InChI=1S/C15H28O3/c1-4-6-7-8-9-10-11-13(15(17)18-3)12-14(16)5-2/h13H,4-12H2,1-3H3. The largest absolute Gasteiger partial charge is 0.469 e. The summed E-state index contributed by atoms with van der Waals surface area (Å²) in [4.78, 5) is 23.0. The quantitative estimate of drug-likeness (QED) is 0.416. The number of hydrogen-bond donors (Lipinski definition) is 0. The zero-order valence-electron chi connectivity index (χ0n) is 12.2. The maximum absolute atomic E-state index is 11.6. The van der Waals surface area contributed by atoms with E-state index in [1.54, 1.807) is 0 Å². The number of ether oxygens (including phenoxy) is 1. The summed E-state index contributed by atoms with van der Waals surface area (Å²) in [5.41, 5.74) is 0. The van der Waals surface area contributed by atoms with Crippen LogP contribution in [0.15, 0.2) is 0 Å². The van der Waals surface area contributed by atoms with Crippen molar-refractivity contribution < 1.29 is 14.3 Å². The van der Waals surface area contributed by atoms with Crippen LogP contribution in [0.1, 0.15) is 71.6 Å². The van der Waals surface area contributed by atoms with Crippen LogP contribution in [0.3, 0.4) is 0 Å². The third-order valence-electron chi connectivity index (χ3n) is 3.31. The summed E-state index contributed by atoms with van der Waals surface area (Å²) >= 11 is 0. The summed E-state index contributed by atoms with van der Waals surface area (Å²) in [6.45, 7) is 4.03. The van der Waals surface area contributed by atoms with E-state index in [-0.39, 0.29) is 17.7 Å². The van der Waals surface area contributed by atoms with Crippen LogP contribution in [0, 0.1) is 5.92 Å². The van der Waals surface area contributed by atoms with Gasteiger partial charge in [0.1, 0.15) is 5.78 Å². The molecule has 0 saturated carbocycles. The summed E-state index contributed by atoms with van der Waals surface area (Å²) in [5, 5.41) is 0. The molecule has 3 nitrogen and oxygen atoms in total. The van der Waals surface area contributed by atoms with Gasteiger partial charge in [0, 0.05) is 12.8 Å².